The summed E-state index contributed by atoms with van der Waals surface area (Å²) in [6, 6.07) is 11.2. The minimum atomic E-state index is -0.959. The van der Waals surface area contributed by atoms with Gasteiger partial charge in [-0.1, -0.05) is 18.2 Å². The van der Waals surface area contributed by atoms with E-state index >= 15 is 0 Å². The monoisotopic (exact) mass is 393 g/mol. The second-order valence-electron chi connectivity index (χ2n) is 5.41. The predicted molar refractivity (Wildman–Crippen MR) is 93.2 cm³/mol. The van der Waals surface area contributed by atoms with Gasteiger partial charge in [-0.25, -0.2) is 4.39 Å². The minimum absolute atomic E-state index is 0.0936. The van der Waals surface area contributed by atoms with Crippen molar-refractivity contribution in [3.63, 3.8) is 0 Å². The van der Waals surface area contributed by atoms with E-state index in [9.17, 15) is 14.0 Å². The number of anilines is 1. The summed E-state index contributed by atoms with van der Waals surface area (Å²) in [5.41, 5.74) is 2.14. The molecule has 1 amide bonds. The molecule has 0 saturated heterocycles. The Kier molecular flexibility index (Phi) is 6.09. The lowest BCUT2D eigenvalue weighted by Gasteiger charge is -2.14. The second kappa shape index (κ2) is 8.06. The van der Waals surface area contributed by atoms with Crippen LogP contribution in [0.2, 0.25) is 0 Å². The number of amides is 1. The van der Waals surface area contributed by atoms with Crippen molar-refractivity contribution in [2.75, 3.05) is 5.32 Å². The summed E-state index contributed by atoms with van der Waals surface area (Å²) in [4.78, 5) is 24.0. The van der Waals surface area contributed by atoms with Gasteiger partial charge in [-0.3, -0.25) is 9.59 Å². The summed E-state index contributed by atoms with van der Waals surface area (Å²) in [5, 5.41) is 2.69. The predicted octanol–water partition coefficient (Wildman–Crippen LogP) is 4.01. The molecule has 2 rings (SSSR count). The molecule has 0 saturated carbocycles. The van der Waals surface area contributed by atoms with Crippen molar-refractivity contribution < 1.29 is 18.7 Å². The molecule has 6 heteroatoms. The van der Waals surface area contributed by atoms with Crippen LogP contribution in [0.25, 0.3) is 0 Å². The number of rotatable bonds is 5. The molecule has 2 aromatic rings. The van der Waals surface area contributed by atoms with E-state index in [1.807, 2.05) is 19.1 Å². The average Bonchev–Trinajstić information content (AvgIpc) is 2.49. The molecule has 1 atom stereocenters. The molecule has 1 N–H and O–H groups in total. The summed E-state index contributed by atoms with van der Waals surface area (Å²) in [5.74, 6) is -1.45. The number of hydrogen-bond acceptors (Lipinski definition) is 3. The molecular formula is C18H17BrFNO3. The van der Waals surface area contributed by atoms with Crippen molar-refractivity contribution in [2.45, 2.75) is 26.4 Å². The molecular weight excluding hydrogens is 377 g/mol. The zero-order valence-corrected chi connectivity index (χ0v) is 14.9. The molecule has 0 aromatic heterocycles. The fourth-order valence-corrected chi connectivity index (χ4v) is 2.65. The molecule has 0 heterocycles. The Balaban J connectivity index is 1.92. The van der Waals surface area contributed by atoms with Gasteiger partial charge < -0.3 is 10.1 Å². The van der Waals surface area contributed by atoms with E-state index < -0.39 is 23.8 Å². The van der Waals surface area contributed by atoms with Gasteiger partial charge in [-0.05, 0) is 65.2 Å². The maximum absolute atomic E-state index is 13.1. The molecule has 126 valence electrons. The fourth-order valence-electron chi connectivity index (χ4n) is 2.06. The van der Waals surface area contributed by atoms with Gasteiger partial charge >= 0.3 is 5.97 Å². The quantitative estimate of drug-likeness (QED) is 0.780. The number of carbonyl (C=O) groups excluding carboxylic acids is 2. The number of ether oxygens (including phenoxy) is 1. The van der Waals surface area contributed by atoms with E-state index in [0.29, 0.717) is 11.3 Å². The number of nitrogens with one attached hydrogen (secondary N) is 1. The van der Waals surface area contributed by atoms with Crippen LogP contribution >= 0.6 is 15.9 Å². The minimum Gasteiger partial charge on any atom is -0.452 e. The standard InChI is InChI=1S/C18H17BrFNO3/c1-11-6-7-16(15(19)8-11)21-18(23)12(2)24-17(22)10-13-4-3-5-14(20)9-13/h3-9,12H,10H2,1-2H3,(H,21,23)/t12-/m0/s1. The summed E-state index contributed by atoms with van der Waals surface area (Å²) in [6.07, 6.45) is -1.05. The van der Waals surface area contributed by atoms with Crippen LogP contribution in [0.15, 0.2) is 46.9 Å². The Labute approximate surface area is 148 Å². The molecule has 2 aromatic carbocycles. The van der Waals surface area contributed by atoms with Gasteiger partial charge in [0.15, 0.2) is 6.10 Å². The van der Waals surface area contributed by atoms with E-state index in [4.69, 9.17) is 4.74 Å². The molecule has 0 bridgehead atoms. The van der Waals surface area contributed by atoms with Crippen LogP contribution in [0, 0.1) is 12.7 Å². The van der Waals surface area contributed by atoms with Crippen molar-refractivity contribution in [1.29, 1.82) is 0 Å². The van der Waals surface area contributed by atoms with Crippen LogP contribution in [0.1, 0.15) is 18.1 Å². The zero-order valence-electron chi connectivity index (χ0n) is 13.3. The van der Waals surface area contributed by atoms with Crippen molar-refractivity contribution >= 4 is 33.5 Å². The zero-order chi connectivity index (χ0) is 17.7. The lowest BCUT2D eigenvalue weighted by molar-refractivity contribution is -0.152. The van der Waals surface area contributed by atoms with E-state index in [-0.39, 0.29) is 6.42 Å². The first-order valence-electron chi connectivity index (χ1n) is 7.36. The molecule has 0 spiro atoms. The van der Waals surface area contributed by atoms with Gasteiger partial charge in [0.25, 0.3) is 5.91 Å². The third-order valence-electron chi connectivity index (χ3n) is 3.30. The Hall–Kier alpha value is -2.21. The summed E-state index contributed by atoms with van der Waals surface area (Å²) >= 11 is 3.37. The first-order valence-corrected chi connectivity index (χ1v) is 8.15. The molecule has 0 fully saturated rings. The Morgan fingerprint density at radius 3 is 2.67 bits per heavy atom. The van der Waals surface area contributed by atoms with Gasteiger partial charge in [-0.2, -0.15) is 0 Å². The maximum atomic E-state index is 13.1. The number of benzene rings is 2. The van der Waals surface area contributed by atoms with E-state index in [1.165, 1.54) is 25.1 Å². The Morgan fingerprint density at radius 2 is 2.00 bits per heavy atom. The lowest BCUT2D eigenvalue weighted by atomic mass is 10.1. The maximum Gasteiger partial charge on any atom is 0.311 e. The number of esters is 1. The van der Waals surface area contributed by atoms with Gasteiger partial charge in [-0.15, -0.1) is 0 Å². The SMILES string of the molecule is Cc1ccc(NC(=O)[C@H](C)OC(=O)Cc2cccc(F)c2)c(Br)c1. The number of aryl methyl sites for hydroxylation is 1. The van der Waals surface area contributed by atoms with E-state index in [1.54, 1.807) is 12.1 Å². The molecule has 4 nitrogen and oxygen atoms in total. The third kappa shape index (κ3) is 5.16. The van der Waals surface area contributed by atoms with Crippen molar-refractivity contribution in [2.24, 2.45) is 0 Å². The number of halogens is 2. The smallest absolute Gasteiger partial charge is 0.311 e. The number of carbonyl (C=O) groups is 2. The third-order valence-corrected chi connectivity index (χ3v) is 3.95. The molecule has 0 unspecified atom stereocenters. The number of hydrogen-bond donors (Lipinski definition) is 1. The normalized spacial score (nSPS) is 11.7. The summed E-state index contributed by atoms with van der Waals surface area (Å²) < 4.78 is 18.9. The van der Waals surface area contributed by atoms with E-state index in [2.05, 4.69) is 21.2 Å². The summed E-state index contributed by atoms with van der Waals surface area (Å²) in [7, 11) is 0. The molecule has 0 radical (unpaired) electrons. The van der Waals surface area contributed by atoms with Crippen molar-refractivity contribution in [3.8, 4) is 0 Å². The molecule has 0 aliphatic heterocycles. The largest absolute Gasteiger partial charge is 0.452 e. The first-order chi connectivity index (χ1) is 11.3. The highest BCUT2D eigenvalue weighted by atomic mass is 79.9. The van der Waals surface area contributed by atoms with Crippen LogP contribution in [0.4, 0.5) is 10.1 Å². The molecule has 0 aliphatic rings. The van der Waals surface area contributed by atoms with Gasteiger partial charge in [0.2, 0.25) is 0 Å². The van der Waals surface area contributed by atoms with Crippen LogP contribution < -0.4 is 5.32 Å². The first kappa shape index (κ1) is 18.1. The van der Waals surface area contributed by atoms with Crippen molar-refractivity contribution in [1.82, 2.24) is 0 Å². The highest BCUT2D eigenvalue weighted by molar-refractivity contribution is 9.10. The second-order valence-corrected chi connectivity index (χ2v) is 6.27. The van der Waals surface area contributed by atoms with Crippen molar-refractivity contribution in [3.05, 3.63) is 63.9 Å². The topological polar surface area (TPSA) is 55.4 Å². The highest BCUT2D eigenvalue weighted by Crippen LogP contribution is 2.23. The molecule has 24 heavy (non-hydrogen) atoms. The van der Waals surface area contributed by atoms with Crippen LogP contribution in [0.5, 0.6) is 0 Å². The Morgan fingerprint density at radius 1 is 1.25 bits per heavy atom. The summed E-state index contributed by atoms with van der Waals surface area (Å²) in [6.45, 7) is 3.42. The highest BCUT2D eigenvalue weighted by Gasteiger charge is 2.19. The van der Waals surface area contributed by atoms with Gasteiger partial charge in [0, 0.05) is 4.47 Å². The Bertz CT molecular complexity index is 764. The van der Waals surface area contributed by atoms with Gasteiger partial charge in [0.05, 0.1) is 12.1 Å². The van der Waals surface area contributed by atoms with Crippen LogP contribution in [-0.2, 0) is 20.7 Å². The van der Waals surface area contributed by atoms with Crippen LogP contribution in [-0.4, -0.2) is 18.0 Å². The lowest BCUT2D eigenvalue weighted by Crippen LogP contribution is -2.30. The van der Waals surface area contributed by atoms with E-state index in [0.717, 1.165) is 10.0 Å². The fraction of sp³-hybridized carbons (Fsp3) is 0.222. The average molecular weight is 394 g/mol. The molecule has 0 aliphatic carbocycles. The van der Waals surface area contributed by atoms with Crippen LogP contribution in [0.3, 0.4) is 0 Å². The van der Waals surface area contributed by atoms with Gasteiger partial charge in [0.1, 0.15) is 5.82 Å².